The first kappa shape index (κ1) is 21.6. The molecule has 0 atom stereocenters. The molecule has 4 nitrogen and oxygen atoms in total. The number of amides is 1. The number of hydrogen-bond acceptors (Lipinski definition) is 3. The van der Waals surface area contributed by atoms with Crippen LogP contribution in [-0.2, 0) is 11.2 Å². The molecule has 23 heavy (non-hydrogen) atoms. The third-order valence-corrected chi connectivity index (χ3v) is 3.49. The summed E-state index contributed by atoms with van der Waals surface area (Å²) in [5.74, 6) is 0.452. The van der Waals surface area contributed by atoms with Crippen LogP contribution < -0.4 is 11.1 Å². The first-order chi connectivity index (χ1) is 10.2. The zero-order valence-electron chi connectivity index (χ0n) is 14.5. The summed E-state index contributed by atoms with van der Waals surface area (Å²) in [5.41, 5.74) is 7.03. The lowest BCUT2D eigenvalue weighted by molar-refractivity contribution is -0.122. The van der Waals surface area contributed by atoms with Crippen molar-refractivity contribution in [1.82, 2.24) is 5.32 Å². The van der Waals surface area contributed by atoms with Crippen molar-refractivity contribution in [2.45, 2.75) is 52.5 Å². The number of carbonyl (C=O) groups is 2. The Balaban J connectivity index is 0.00000484. The van der Waals surface area contributed by atoms with Gasteiger partial charge in [0.1, 0.15) is 0 Å². The number of rotatable bonds is 8. The highest BCUT2D eigenvalue weighted by Gasteiger charge is 2.18. The van der Waals surface area contributed by atoms with E-state index in [4.69, 9.17) is 5.73 Å². The third kappa shape index (κ3) is 8.14. The van der Waals surface area contributed by atoms with E-state index in [-0.39, 0.29) is 36.9 Å². The number of halogens is 1. The van der Waals surface area contributed by atoms with Crippen molar-refractivity contribution in [2.75, 3.05) is 6.54 Å². The highest BCUT2D eigenvalue weighted by atomic mass is 35.5. The molecule has 1 amide bonds. The van der Waals surface area contributed by atoms with Gasteiger partial charge in [0.25, 0.3) is 0 Å². The van der Waals surface area contributed by atoms with Crippen LogP contribution in [0, 0.1) is 5.92 Å². The molecule has 0 bridgehead atoms. The maximum atomic E-state index is 12.1. The molecule has 0 aliphatic carbocycles. The molecule has 0 saturated heterocycles. The predicted molar refractivity (Wildman–Crippen MR) is 97.1 cm³/mol. The second-order valence-corrected chi connectivity index (χ2v) is 6.85. The van der Waals surface area contributed by atoms with Crippen molar-refractivity contribution in [3.8, 4) is 0 Å². The van der Waals surface area contributed by atoms with Gasteiger partial charge in [-0.1, -0.05) is 38.1 Å². The Kier molecular flexibility index (Phi) is 9.10. The quantitative estimate of drug-likeness (QED) is 0.714. The standard InChI is InChI=1S/C18H28N2O2.ClH/c1-13(2)11-14-5-7-15(8-6-14)16(21)9-10-17(22)20-18(3,4)12-19;/h5-8,13H,9-12,19H2,1-4H3,(H,20,22);1H. The summed E-state index contributed by atoms with van der Waals surface area (Å²) in [4.78, 5) is 23.9. The van der Waals surface area contributed by atoms with Gasteiger partial charge in [-0.3, -0.25) is 9.59 Å². The SMILES string of the molecule is CC(C)Cc1ccc(C(=O)CCC(=O)NC(C)(C)CN)cc1.Cl. The molecule has 1 aromatic carbocycles. The number of carbonyl (C=O) groups excluding carboxylic acids is 2. The van der Waals surface area contributed by atoms with Crippen LogP contribution in [0.4, 0.5) is 0 Å². The molecule has 0 radical (unpaired) electrons. The van der Waals surface area contributed by atoms with Crippen LogP contribution in [0.5, 0.6) is 0 Å². The van der Waals surface area contributed by atoms with Crippen molar-refractivity contribution in [3.05, 3.63) is 35.4 Å². The molecule has 1 aromatic rings. The smallest absolute Gasteiger partial charge is 0.220 e. The van der Waals surface area contributed by atoms with Gasteiger partial charge in [-0.05, 0) is 31.7 Å². The van der Waals surface area contributed by atoms with Crippen LogP contribution in [0.15, 0.2) is 24.3 Å². The molecule has 1 rings (SSSR count). The summed E-state index contributed by atoms with van der Waals surface area (Å²) in [7, 11) is 0. The first-order valence-electron chi connectivity index (χ1n) is 7.87. The minimum absolute atomic E-state index is 0. The van der Waals surface area contributed by atoms with E-state index in [2.05, 4.69) is 19.2 Å². The average Bonchev–Trinajstić information content (AvgIpc) is 2.44. The van der Waals surface area contributed by atoms with E-state index in [1.807, 2.05) is 38.1 Å². The highest BCUT2D eigenvalue weighted by Crippen LogP contribution is 2.12. The van der Waals surface area contributed by atoms with E-state index in [0.717, 1.165) is 6.42 Å². The fourth-order valence-corrected chi connectivity index (χ4v) is 2.16. The second-order valence-electron chi connectivity index (χ2n) is 6.85. The zero-order chi connectivity index (χ0) is 16.8. The van der Waals surface area contributed by atoms with E-state index >= 15 is 0 Å². The fraction of sp³-hybridized carbons (Fsp3) is 0.556. The third-order valence-electron chi connectivity index (χ3n) is 3.49. The van der Waals surface area contributed by atoms with E-state index < -0.39 is 5.54 Å². The number of nitrogens with one attached hydrogen (secondary N) is 1. The number of ketones is 1. The van der Waals surface area contributed by atoms with Crippen LogP contribution in [-0.4, -0.2) is 23.8 Å². The van der Waals surface area contributed by atoms with Crippen molar-refractivity contribution in [3.63, 3.8) is 0 Å². The molecule has 0 saturated carbocycles. The van der Waals surface area contributed by atoms with Crippen molar-refractivity contribution in [1.29, 1.82) is 0 Å². The Morgan fingerprint density at radius 3 is 2.17 bits per heavy atom. The lowest BCUT2D eigenvalue weighted by Crippen LogP contribution is -2.48. The van der Waals surface area contributed by atoms with E-state index in [1.165, 1.54) is 5.56 Å². The molecule has 0 aliphatic heterocycles. The Morgan fingerprint density at radius 1 is 1.13 bits per heavy atom. The maximum Gasteiger partial charge on any atom is 0.220 e. The van der Waals surface area contributed by atoms with E-state index in [0.29, 0.717) is 18.0 Å². The molecular weight excluding hydrogens is 312 g/mol. The maximum absolute atomic E-state index is 12.1. The molecule has 0 unspecified atom stereocenters. The lowest BCUT2D eigenvalue weighted by Gasteiger charge is -2.24. The number of benzene rings is 1. The summed E-state index contributed by atoms with van der Waals surface area (Å²) in [5, 5.41) is 2.83. The Labute approximate surface area is 145 Å². The van der Waals surface area contributed by atoms with Gasteiger partial charge < -0.3 is 11.1 Å². The van der Waals surface area contributed by atoms with Gasteiger partial charge in [0.05, 0.1) is 0 Å². The topological polar surface area (TPSA) is 72.2 Å². The largest absolute Gasteiger partial charge is 0.350 e. The van der Waals surface area contributed by atoms with Crippen LogP contribution in [0.25, 0.3) is 0 Å². The summed E-state index contributed by atoms with van der Waals surface area (Å²) < 4.78 is 0. The fourth-order valence-electron chi connectivity index (χ4n) is 2.16. The van der Waals surface area contributed by atoms with Gasteiger partial charge in [-0.15, -0.1) is 12.4 Å². The summed E-state index contributed by atoms with van der Waals surface area (Å²) >= 11 is 0. The molecular formula is C18H29ClN2O2. The Morgan fingerprint density at radius 2 is 1.70 bits per heavy atom. The van der Waals surface area contributed by atoms with Gasteiger partial charge in [0.2, 0.25) is 5.91 Å². The zero-order valence-corrected chi connectivity index (χ0v) is 15.3. The Bertz CT molecular complexity index is 510. The molecule has 3 N–H and O–H groups in total. The molecule has 130 valence electrons. The molecule has 0 fully saturated rings. The normalized spacial score (nSPS) is 11.0. The summed E-state index contributed by atoms with van der Waals surface area (Å²) in [6.45, 7) is 8.42. The van der Waals surface area contributed by atoms with Crippen molar-refractivity contribution >= 4 is 24.1 Å². The van der Waals surface area contributed by atoms with Gasteiger partial charge >= 0.3 is 0 Å². The Hall–Kier alpha value is -1.39. The average molecular weight is 341 g/mol. The monoisotopic (exact) mass is 340 g/mol. The number of hydrogen-bond donors (Lipinski definition) is 2. The summed E-state index contributed by atoms with van der Waals surface area (Å²) in [6.07, 6.45) is 1.41. The van der Waals surface area contributed by atoms with Crippen LogP contribution >= 0.6 is 12.4 Å². The molecule has 0 aromatic heterocycles. The van der Waals surface area contributed by atoms with Crippen LogP contribution in [0.3, 0.4) is 0 Å². The van der Waals surface area contributed by atoms with Gasteiger partial charge in [-0.25, -0.2) is 0 Å². The number of Topliss-reactive ketones (excluding diaryl/α,β-unsaturated/α-hetero) is 1. The van der Waals surface area contributed by atoms with Gasteiger partial charge in [-0.2, -0.15) is 0 Å². The molecule has 5 heteroatoms. The lowest BCUT2D eigenvalue weighted by atomic mass is 9.99. The molecule has 0 heterocycles. The van der Waals surface area contributed by atoms with E-state index in [9.17, 15) is 9.59 Å². The first-order valence-corrected chi connectivity index (χ1v) is 7.87. The van der Waals surface area contributed by atoms with Crippen LogP contribution in [0.1, 0.15) is 56.5 Å². The van der Waals surface area contributed by atoms with E-state index in [1.54, 1.807) is 0 Å². The van der Waals surface area contributed by atoms with Gasteiger partial charge in [0.15, 0.2) is 5.78 Å². The minimum Gasteiger partial charge on any atom is -0.350 e. The minimum atomic E-state index is -0.432. The molecule has 0 spiro atoms. The van der Waals surface area contributed by atoms with Gasteiger partial charge in [0, 0.05) is 30.5 Å². The second kappa shape index (κ2) is 9.68. The number of nitrogens with two attached hydrogens (primary N) is 1. The highest BCUT2D eigenvalue weighted by molar-refractivity contribution is 5.98. The predicted octanol–water partition coefficient (Wildman–Crippen LogP) is 3.12. The van der Waals surface area contributed by atoms with Crippen LogP contribution in [0.2, 0.25) is 0 Å². The van der Waals surface area contributed by atoms with Crippen molar-refractivity contribution in [2.24, 2.45) is 11.7 Å². The molecule has 0 aliphatic rings. The summed E-state index contributed by atoms with van der Waals surface area (Å²) in [6, 6.07) is 7.68. The van der Waals surface area contributed by atoms with Crippen molar-refractivity contribution < 1.29 is 9.59 Å².